The molecule has 0 radical (unpaired) electrons. The average molecular weight is 551 g/mol. The number of methoxy groups -OCH3 is 1. The van der Waals surface area contributed by atoms with Crippen LogP contribution in [-0.4, -0.2) is 103 Å². The molecule has 1 heterocycles. The molecule has 0 spiro atoms. The summed E-state index contributed by atoms with van der Waals surface area (Å²) >= 11 is 0. The molecule has 2 rings (SSSR count). The second kappa shape index (κ2) is 22.3. The molecule has 0 unspecified atom stereocenters. The van der Waals surface area contributed by atoms with Crippen LogP contribution in [0.2, 0.25) is 0 Å². The van der Waals surface area contributed by atoms with Gasteiger partial charge in [0.25, 0.3) is 0 Å². The SMILES string of the molecule is COCNCCOCCOCCOCCOCCNC(=O)CCCNC(=O)CCCc1c[nH]c2ccccc12. The van der Waals surface area contributed by atoms with E-state index < -0.39 is 0 Å². The number of hydrogen-bond donors (Lipinski definition) is 4. The maximum atomic E-state index is 12.1. The molecular weight excluding hydrogens is 504 g/mol. The Kier molecular flexibility index (Phi) is 18.7. The number of aromatic amines is 1. The van der Waals surface area contributed by atoms with Gasteiger partial charge < -0.3 is 39.3 Å². The lowest BCUT2D eigenvalue weighted by Crippen LogP contribution is -2.29. The van der Waals surface area contributed by atoms with Crippen molar-refractivity contribution in [3.63, 3.8) is 0 Å². The molecule has 0 saturated carbocycles. The molecule has 0 aliphatic heterocycles. The van der Waals surface area contributed by atoms with E-state index in [2.05, 4.69) is 33.1 Å². The van der Waals surface area contributed by atoms with Gasteiger partial charge in [-0.3, -0.25) is 14.9 Å². The number of rotatable bonds is 25. The van der Waals surface area contributed by atoms with E-state index in [1.165, 1.54) is 10.9 Å². The number of H-pyrrole nitrogens is 1. The van der Waals surface area contributed by atoms with Gasteiger partial charge in [-0.25, -0.2) is 0 Å². The molecule has 11 nitrogen and oxygen atoms in total. The molecule has 0 aliphatic carbocycles. The van der Waals surface area contributed by atoms with Gasteiger partial charge in [-0.05, 0) is 30.9 Å². The van der Waals surface area contributed by atoms with Gasteiger partial charge in [-0.15, -0.1) is 0 Å². The third kappa shape index (κ3) is 16.2. The Balaban J connectivity index is 1.29. The molecule has 220 valence electrons. The number of carbonyl (C=O) groups excluding carboxylic acids is 2. The zero-order valence-corrected chi connectivity index (χ0v) is 23.3. The van der Waals surface area contributed by atoms with Crippen LogP contribution in [0, 0.1) is 0 Å². The minimum Gasteiger partial charge on any atom is -0.378 e. The monoisotopic (exact) mass is 550 g/mol. The summed E-state index contributed by atoms with van der Waals surface area (Å²) in [4.78, 5) is 27.2. The maximum absolute atomic E-state index is 12.1. The Morgan fingerprint density at radius 1 is 0.744 bits per heavy atom. The summed E-state index contributed by atoms with van der Waals surface area (Å²) in [6.45, 7) is 6.26. The second-order valence-electron chi connectivity index (χ2n) is 8.90. The van der Waals surface area contributed by atoms with Crippen LogP contribution in [0.5, 0.6) is 0 Å². The normalized spacial score (nSPS) is 11.2. The van der Waals surface area contributed by atoms with E-state index >= 15 is 0 Å². The van der Waals surface area contributed by atoms with Gasteiger partial charge >= 0.3 is 0 Å². The van der Waals surface area contributed by atoms with Crippen LogP contribution in [0.4, 0.5) is 0 Å². The fourth-order valence-corrected chi connectivity index (χ4v) is 3.77. The molecule has 11 heteroatoms. The highest BCUT2D eigenvalue weighted by Gasteiger charge is 2.06. The summed E-state index contributed by atoms with van der Waals surface area (Å²) in [6.07, 6.45) is 5.11. The third-order valence-electron chi connectivity index (χ3n) is 5.78. The van der Waals surface area contributed by atoms with Gasteiger partial charge in [-0.2, -0.15) is 0 Å². The van der Waals surface area contributed by atoms with E-state index in [-0.39, 0.29) is 11.8 Å². The van der Waals surface area contributed by atoms with Crippen LogP contribution in [0.3, 0.4) is 0 Å². The highest BCUT2D eigenvalue weighted by molar-refractivity contribution is 5.83. The van der Waals surface area contributed by atoms with Gasteiger partial charge in [0.1, 0.15) is 0 Å². The van der Waals surface area contributed by atoms with Crippen molar-refractivity contribution in [2.24, 2.45) is 0 Å². The van der Waals surface area contributed by atoms with Crippen molar-refractivity contribution in [1.82, 2.24) is 20.9 Å². The molecule has 0 bridgehead atoms. The first kappa shape index (κ1) is 32.7. The summed E-state index contributed by atoms with van der Waals surface area (Å²) in [7, 11) is 1.64. The van der Waals surface area contributed by atoms with Crippen molar-refractivity contribution in [2.75, 3.05) is 86.3 Å². The first-order valence-corrected chi connectivity index (χ1v) is 13.8. The third-order valence-corrected chi connectivity index (χ3v) is 5.78. The first-order valence-electron chi connectivity index (χ1n) is 13.8. The van der Waals surface area contributed by atoms with Gasteiger partial charge in [0.05, 0.1) is 59.6 Å². The fraction of sp³-hybridized carbons (Fsp3) is 0.643. The number of ether oxygens (including phenoxy) is 5. The Morgan fingerprint density at radius 2 is 1.33 bits per heavy atom. The Bertz CT molecular complexity index is 909. The van der Waals surface area contributed by atoms with Crippen LogP contribution >= 0.6 is 0 Å². The smallest absolute Gasteiger partial charge is 0.220 e. The number of aromatic nitrogens is 1. The number of nitrogens with one attached hydrogen (secondary N) is 4. The lowest BCUT2D eigenvalue weighted by Gasteiger charge is -2.09. The fourth-order valence-electron chi connectivity index (χ4n) is 3.77. The van der Waals surface area contributed by atoms with Gasteiger partial charge in [0.15, 0.2) is 0 Å². The van der Waals surface area contributed by atoms with Gasteiger partial charge in [-0.1, -0.05) is 18.2 Å². The number of amides is 2. The van der Waals surface area contributed by atoms with E-state index in [0.29, 0.717) is 91.9 Å². The number of carbonyl (C=O) groups is 2. The van der Waals surface area contributed by atoms with Crippen LogP contribution in [0.15, 0.2) is 30.5 Å². The zero-order chi connectivity index (χ0) is 27.8. The van der Waals surface area contributed by atoms with Crippen LogP contribution in [-0.2, 0) is 39.7 Å². The minimum absolute atomic E-state index is 0.0219. The lowest BCUT2D eigenvalue weighted by atomic mass is 10.1. The molecular formula is C28H46N4O7. The Labute approximate surface area is 231 Å². The van der Waals surface area contributed by atoms with E-state index in [9.17, 15) is 9.59 Å². The highest BCUT2D eigenvalue weighted by atomic mass is 16.6. The summed E-state index contributed by atoms with van der Waals surface area (Å²) < 4.78 is 26.6. The Hall–Kier alpha value is -2.54. The number of aryl methyl sites for hydroxylation is 1. The summed E-state index contributed by atoms with van der Waals surface area (Å²) in [6, 6.07) is 8.17. The standard InChI is InChI=1S/C28H46N4O7/c1-35-23-29-12-14-36-16-18-38-20-21-39-19-17-37-15-13-31-28(34)10-5-11-30-27(33)9-4-6-24-22-32-26-8-3-2-7-25(24)26/h2-3,7-8,22,29,32H,4-6,9-21,23H2,1H3,(H,30,33)(H,31,34). The predicted molar refractivity (Wildman–Crippen MR) is 150 cm³/mol. The number of benzene rings is 1. The maximum Gasteiger partial charge on any atom is 0.220 e. The number of fused-ring (bicyclic) bond motifs is 1. The molecule has 1 aromatic heterocycles. The molecule has 39 heavy (non-hydrogen) atoms. The predicted octanol–water partition coefficient (Wildman–Crippen LogP) is 1.76. The molecule has 2 amide bonds. The van der Waals surface area contributed by atoms with Crippen molar-refractivity contribution in [3.8, 4) is 0 Å². The largest absolute Gasteiger partial charge is 0.378 e. The number of hydrogen-bond acceptors (Lipinski definition) is 8. The minimum atomic E-state index is -0.0456. The van der Waals surface area contributed by atoms with Crippen molar-refractivity contribution in [1.29, 1.82) is 0 Å². The van der Waals surface area contributed by atoms with Crippen LogP contribution < -0.4 is 16.0 Å². The first-order chi connectivity index (χ1) is 19.2. The van der Waals surface area contributed by atoms with Gasteiger partial charge in [0, 0.05) is 56.7 Å². The van der Waals surface area contributed by atoms with Crippen LogP contribution in [0.1, 0.15) is 31.2 Å². The van der Waals surface area contributed by atoms with Gasteiger partial charge in [0.2, 0.25) is 11.8 Å². The highest BCUT2D eigenvalue weighted by Crippen LogP contribution is 2.19. The molecule has 0 aliphatic rings. The van der Waals surface area contributed by atoms with Crippen molar-refractivity contribution in [2.45, 2.75) is 32.1 Å². The summed E-state index contributed by atoms with van der Waals surface area (Å²) in [5, 5.41) is 9.98. The van der Waals surface area contributed by atoms with E-state index in [0.717, 1.165) is 24.9 Å². The van der Waals surface area contributed by atoms with E-state index in [1.807, 2.05) is 18.3 Å². The molecule has 0 atom stereocenters. The topological polar surface area (TPSA) is 132 Å². The summed E-state index contributed by atoms with van der Waals surface area (Å²) in [5.41, 5.74) is 2.35. The Morgan fingerprint density at radius 3 is 2.03 bits per heavy atom. The zero-order valence-electron chi connectivity index (χ0n) is 23.3. The van der Waals surface area contributed by atoms with E-state index in [1.54, 1.807) is 7.11 Å². The molecule has 1 aromatic carbocycles. The van der Waals surface area contributed by atoms with Crippen molar-refractivity contribution >= 4 is 22.7 Å². The quantitative estimate of drug-likeness (QED) is 0.109. The average Bonchev–Trinajstić information content (AvgIpc) is 3.36. The molecule has 0 saturated heterocycles. The lowest BCUT2D eigenvalue weighted by molar-refractivity contribution is -0.123. The van der Waals surface area contributed by atoms with Crippen molar-refractivity contribution < 1.29 is 33.3 Å². The summed E-state index contributed by atoms with van der Waals surface area (Å²) in [5.74, 6) is -0.0237. The molecule has 2 aromatic rings. The van der Waals surface area contributed by atoms with E-state index in [4.69, 9.17) is 23.7 Å². The molecule has 0 fully saturated rings. The van der Waals surface area contributed by atoms with Crippen molar-refractivity contribution in [3.05, 3.63) is 36.0 Å². The molecule has 4 N–H and O–H groups in total. The van der Waals surface area contributed by atoms with Crippen LogP contribution in [0.25, 0.3) is 10.9 Å². The number of para-hydroxylation sites is 1. The second-order valence-corrected chi connectivity index (χ2v) is 8.90.